The number of aliphatic imine (C=N–C) groups is 1. The standard InChI is InChI=1S/C12H11BrN4O2S/c13-7-1-2-8-6(3-10(18)19-9(8)4-7)5-20-12(16)17-11(14)15/h1-4H,5H2,(H5,14,15,16,17). The van der Waals surface area contributed by atoms with Gasteiger partial charge in [-0.2, -0.15) is 4.99 Å². The zero-order valence-corrected chi connectivity index (χ0v) is 12.6. The number of nitrogens with zero attached hydrogens (tertiary/aromatic N) is 1. The summed E-state index contributed by atoms with van der Waals surface area (Å²) in [6.45, 7) is 0. The van der Waals surface area contributed by atoms with Crippen molar-refractivity contribution in [1.29, 1.82) is 5.41 Å². The van der Waals surface area contributed by atoms with Crippen LogP contribution in [-0.4, -0.2) is 11.1 Å². The van der Waals surface area contributed by atoms with E-state index in [0.29, 0.717) is 11.3 Å². The zero-order chi connectivity index (χ0) is 14.7. The number of nitrogens with one attached hydrogen (secondary N) is 1. The molecule has 0 aliphatic carbocycles. The summed E-state index contributed by atoms with van der Waals surface area (Å²) in [4.78, 5) is 15.1. The molecule has 1 aromatic carbocycles. The maximum absolute atomic E-state index is 11.5. The number of amidine groups is 1. The first-order valence-corrected chi connectivity index (χ1v) is 7.27. The maximum atomic E-state index is 11.5. The van der Waals surface area contributed by atoms with Crippen LogP contribution in [-0.2, 0) is 5.75 Å². The SMILES string of the molecule is N=C(N=C(N)N)SCc1cc(=O)oc2cc(Br)ccc12. The van der Waals surface area contributed by atoms with Gasteiger partial charge in [-0.1, -0.05) is 27.7 Å². The lowest BCUT2D eigenvalue weighted by Crippen LogP contribution is -2.23. The van der Waals surface area contributed by atoms with E-state index in [1.54, 1.807) is 6.07 Å². The minimum absolute atomic E-state index is 0.0106. The molecule has 2 rings (SSSR count). The first kappa shape index (κ1) is 14.6. The molecule has 5 N–H and O–H groups in total. The van der Waals surface area contributed by atoms with E-state index in [1.165, 1.54) is 6.07 Å². The Hall–Kier alpha value is -1.80. The van der Waals surface area contributed by atoms with Gasteiger partial charge in [0.25, 0.3) is 0 Å². The van der Waals surface area contributed by atoms with Crippen molar-refractivity contribution in [1.82, 2.24) is 0 Å². The van der Waals surface area contributed by atoms with Crippen molar-refractivity contribution in [3.63, 3.8) is 0 Å². The predicted octanol–water partition coefficient (Wildman–Crippen LogP) is 2.00. The van der Waals surface area contributed by atoms with Crippen LogP contribution in [0.5, 0.6) is 0 Å². The highest BCUT2D eigenvalue weighted by molar-refractivity contribution is 9.10. The molecule has 104 valence electrons. The quantitative estimate of drug-likeness (QED) is 0.433. The van der Waals surface area contributed by atoms with E-state index in [4.69, 9.17) is 21.3 Å². The molecule has 0 amide bonds. The summed E-state index contributed by atoms with van der Waals surface area (Å²) in [5.74, 6) is 0.239. The summed E-state index contributed by atoms with van der Waals surface area (Å²) in [6, 6.07) is 6.85. The minimum atomic E-state index is -0.431. The fraction of sp³-hybridized carbons (Fsp3) is 0.0833. The molecular weight excluding hydrogens is 344 g/mol. The fourth-order valence-corrected chi connectivity index (χ4v) is 2.66. The number of hydrogen-bond acceptors (Lipinski definition) is 4. The number of thioether (sulfide) groups is 1. The topological polar surface area (TPSA) is 118 Å². The summed E-state index contributed by atoms with van der Waals surface area (Å²) in [5.41, 5.74) is 11.2. The highest BCUT2D eigenvalue weighted by atomic mass is 79.9. The number of halogens is 1. The summed E-state index contributed by atoms with van der Waals surface area (Å²) < 4.78 is 5.96. The average Bonchev–Trinajstić information content (AvgIpc) is 2.34. The van der Waals surface area contributed by atoms with Gasteiger partial charge in [-0.05, 0) is 23.8 Å². The Labute approximate surface area is 126 Å². The summed E-state index contributed by atoms with van der Waals surface area (Å²) >= 11 is 4.45. The van der Waals surface area contributed by atoms with Crippen molar-refractivity contribution < 1.29 is 4.42 Å². The van der Waals surface area contributed by atoms with Gasteiger partial charge < -0.3 is 15.9 Å². The highest BCUT2D eigenvalue weighted by Gasteiger charge is 2.07. The van der Waals surface area contributed by atoms with Crippen LogP contribution in [0.3, 0.4) is 0 Å². The van der Waals surface area contributed by atoms with E-state index in [1.807, 2.05) is 12.1 Å². The molecule has 6 nitrogen and oxygen atoms in total. The second kappa shape index (κ2) is 6.10. The molecule has 0 saturated heterocycles. The van der Waals surface area contributed by atoms with Gasteiger partial charge in [0.2, 0.25) is 0 Å². The molecule has 0 unspecified atom stereocenters. The van der Waals surface area contributed by atoms with Crippen LogP contribution in [0.2, 0.25) is 0 Å². The Kier molecular flexibility index (Phi) is 4.46. The van der Waals surface area contributed by atoms with Gasteiger partial charge in [0.1, 0.15) is 5.58 Å². The molecule has 2 aromatic rings. The third-order valence-electron chi connectivity index (χ3n) is 2.39. The van der Waals surface area contributed by atoms with Crippen molar-refractivity contribution in [3.8, 4) is 0 Å². The van der Waals surface area contributed by atoms with Gasteiger partial charge in [-0.25, -0.2) is 4.79 Å². The Morgan fingerprint density at radius 2 is 2.15 bits per heavy atom. The lowest BCUT2D eigenvalue weighted by Gasteiger charge is -2.05. The van der Waals surface area contributed by atoms with Crippen LogP contribution < -0.4 is 17.1 Å². The zero-order valence-electron chi connectivity index (χ0n) is 10.2. The smallest absolute Gasteiger partial charge is 0.336 e. The van der Waals surface area contributed by atoms with Crippen molar-refractivity contribution in [2.45, 2.75) is 5.75 Å². The number of rotatable bonds is 2. The molecule has 20 heavy (non-hydrogen) atoms. The van der Waals surface area contributed by atoms with Gasteiger partial charge in [0, 0.05) is 21.7 Å². The number of guanidine groups is 1. The monoisotopic (exact) mass is 354 g/mol. The van der Waals surface area contributed by atoms with Crippen molar-refractivity contribution >= 4 is 49.8 Å². The Bertz CT molecular complexity index is 753. The van der Waals surface area contributed by atoms with E-state index in [9.17, 15) is 4.79 Å². The summed E-state index contributed by atoms with van der Waals surface area (Å²) in [7, 11) is 0. The van der Waals surface area contributed by atoms with Crippen LogP contribution in [0, 0.1) is 5.41 Å². The third-order valence-corrected chi connectivity index (χ3v) is 3.70. The highest BCUT2D eigenvalue weighted by Crippen LogP contribution is 2.24. The number of nitrogens with two attached hydrogens (primary N) is 2. The van der Waals surface area contributed by atoms with Crippen molar-refractivity contribution in [2.75, 3.05) is 0 Å². The van der Waals surface area contributed by atoms with Crippen LogP contribution in [0.25, 0.3) is 11.0 Å². The normalized spacial score (nSPS) is 10.4. The van der Waals surface area contributed by atoms with Gasteiger partial charge in [0.05, 0.1) is 0 Å². The van der Waals surface area contributed by atoms with Crippen LogP contribution in [0.15, 0.2) is 42.9 Å². The van der Waals surface area contributed by atoms with Crippen molar-refractivity contribution in [2.24, 2.45) is 16.5 Å². The number of benzene rings is 1. The van der Waals surface area contributed by atoms with E-state index >= 15 is 0 Å². The Morgan fingerprint density at radius 3 is 2.85 bits per heavy atom. The third kappa shape index (κ3) is 3.61. The maximum Gasteiger partial charge on any atom is 0.336 e. The molecule has 0 fully saturated rings. The summed E-state index contributed by atoms with van der Waals surface area (Å²) in [6.07, 6.45) is 0. The Morgan fingerprint density at radius 1 is 1.40 bits per heavy atom. The lowest BCUT2D eigenvalue weighted by atomic mass is 10.1. The van der Waals surface area contributed by atoms with Gasteiger partial charge >= 0.3 is 5.63 Å². The molecule has 8 heteroatoms. The van der Waals surface area contributed by atoms with E-state index in [2.05, 4.69) is 20.9 Å². The molecule has 1 heterocycles. The molecule has 0 aliphatic rings. The molecule has 0 spiro atoms. The minimum Gasteiger partial charge on any atom is -0.423 e. The predicted molar refractivity (Wildman–Crippen MR) is 85.0 cm³/mol. The summed E-state index contributed by atoms with van der Waals surface area (Å²) in [5, 5.41) is 8.38. The lowest BCUT2D eigenvalue weighted by molar-refractivity contribution is 0.559. The van der Waals surface area contributed by atoms with Crippen LogP contribution in [0.1, 0.15) is 5.56 Å². The van der Waals surface area contributed by atoms with Crippen LogP contribution >= 0.6 is 27.7 Å². The number of fused-ring (bicyclic) bond motifs is 1. The van der Waals surface area contributed by atoms with E-state index in [-0.39, 0.29) is 11.1 Å². The molecular formula is C12H11BrN4O2S. The van der Waals surface area contributed by atoms with Gasteiger partial charge in [0.15, 0.2) is 11.1 Å². The second-order valence-electron chi connectivity index (χ2n) is 3.86. The average molecular weight is 355 g/mol. The molecule has 0 saturated carbocycles. The molecule has 0 aliphatic heterocycles. The second-order valence-corrected chi connectivity index (χ2v) is 5.74. The molecule has 0 radical (unpaired) electrons. The first-order valence-electron chi connectivity index (χ1n) is 5.49. The largest absolute Gasteiger partial charge is 0.423 e. The van der Waals surface area contributed by atoms with E-state index in [0.717, 1.165) is 27.2 Å². The van der Waals surface area contributed by atoms with Crippen molar-refractivity contribution in [3.05, 3.63) is 44.7 Å². The van der Waals surface area contributed by atoms with Gasteiger partial charge in [-0.15, -0.1) is 0 Å². The van der Waals surface area contributed by atoms with E-state index < -0.39 is 5.63 Å². The Balaban J connectivity index is 2.32. The molecule has 0 atom stereocenters. The first-order chi connectivity index (χ1) is 9.45. The van der Waals surface area contributed by atoms with Gasteiger partial charge in [-0.3, -0.25) is 5.41 Å². The molecule has 0 bridgehead atoms. The number of hydrogen-bond donors (Lipinski definition) is 3. The van der Waals surface area contributed by atoms with Crippen LogP contribution in [0.4, 0.5) is 0 Å². The molecule has 1 aromatic heterocycles. The fourth-order valence-electron chi connectivity index (χ4n) is 1.62.